The van der Waals surface area contributed by atoms with Crippen molar-refractivity contribution in [2.75, 3.05) is 94.1 Å². The van der Waals surface area contributed by atoms with Crippen molar-refractivity contribution >= 4 is 114 Å². The molecule has 0 radical (unpaired) electrons. The number of pyridine rings is 2. The summed E-state index contributed by atoms with van der Waals surface area (Å²) in [5.74, 6) is 4.81. The summed E-state index contributed by atoms with van der Waals surface area (Å²) in [5, 5.41) is 0. The second-order valence-electron chi connectivity index (χ2n) is 21.1. The molecule has 0 N–H and O–H groups in total. The highest BCUT2D eigenvalue weighted by molar-refractivity contribution is 7.00. The fourth-order valence-electron chi connectivity index (χ4n) is 13.2. The van der Waals surface area contributed by atoms with E-state index in [1.54, 1.807) is 0 Å². The fraction of sp³-hybridized carbons (Fsp3) is 0.133. The third-order valence-electron chi connectivity index (χ3n) is 16.7. The molecule has 2 aromatic heterocycles. The summed E-state index contributed by atoms with van der Waals surface area (Å²) in [5.41, 5.74) is 18.8. The Bertz CT molecular complexity index is 3540. The molecule has 0 atom stereocenters. The largest absolute Gasteiger partial charge is 0.454 e. The molecule has 0 saturated carbocycles. The monoisotopic (exact) mass is 992 g/mol. The zero-order valence-corrected chi connectivity index (χ0v) is 42.1. The molecule has 10 heterocycles. The van der Waals surface area contributed by atoms with Crippen LogP contribution in [-0.4, -0.2) is 78.3 Å². The van der Waals surface area contributed by atoms with Gasteiger partial charge in [-0.25, -0.2) is 9.97 Å². The van der Waals surface area contributed by atoms with Crippen molar-refractivity contribution in [2.24, 2.45) is 0 Å². The Hall–Kier alpha value is -9.43. The number of aromatic nitrogens is 2. The first-order chi connectivity index (χ1) is 37.3. The summed E-state index contributed by atoms with van der Waals surface area (Å²) < 4.78 is 29.2. The Morgan fingerprint density at radius 3 is 1.00 bits per heavy atom. The Labute approximate surface area is 439 Å². The third kappa shape index (κ3) is 5.67. The zero-order valence-electron chi connectivity index (χ0n) is 42.1. The molecule has 0 aliphatic carbocycles. The lowest BCUT2D eigenvalue weighted by molar-refractivity contribution is 0.388. The first-order valence-electron chi connectivity index (χ1n) is 25.8. The predicted octanol–water partition coefficient (Wildman–Crippen LogP) is 8.11. The van der Waals surface area contributed by atoms with Crippen molar-refractivity contribution in [1.29, 1.82) is 0 Å². The average Bonchev–Trinajstić information content (AvgIpc) is 4.34. The van der Waals surface area contributed by atoms with Crippen molar-refractivity contribution in [1.82, 2.24) is 9.97 Å². The molecule has 8 aliphatic rings. The van der Waals surface area contributed by atoms with E-state index in [-0.39, 0.29) is 13.4 Å². The van der Waals surface area contributed by atoms with E-state index in [1.165, 1.54) is 22.7 Å². The molecule has 0 bridgehead atoms. The van der Waals surface area contributed by atoms with Crippen molar-refractivity contribution in [2.45, 2.75) is 0 Å². The van der Waals surface area contributed by atoms with Crippen LogP contribution in [0.4, 0.5) is 68.2 Å². The quantitative estimate of drug-likeness (QED) is 0.159. The topological polar surface area (TPSA) is 88.6 Å². The molecule has 0 spiro atoms. The van der Waals surface area contributed by atoms with Crippen molar-refractivity contribution < 1.29 is 18.9 Å². The minimum atomic E-state index is -0.386. The van der Waals surface area contributed by atoms with Crippen LogP contribution in [0.2, 0.25) is 0 Å². The lowest BCUT2D eigenvalue weighted by Crippen LogP contribution is -2.62. The molecule has 8 aliphatic heterocycles. The molecule has 17 rings (SSSR count). The van der Waals surface area contributed by atoms with Gasteiger partial charge in [-0.3, -0.25) is 0 Å². The van der Waals surface area contributed by atoms with Crippen LogP contribution >= 0.6 is 0 Å². The Morgan fingerprint density at radius 2 is 0.645 bits per heavy atom. The SMILES string of the molecule is CN1CN(c2ccc3c(c2)B2c4cc(N5CN(C)c6ccccc65)cnc4Oc4c5c6c(c(c42)O3)Oc2ncc(N3CN(C)c4ccccc43)cc2B6c2cc(N3CN(C)c4ccccc43)ccc2O5)c2ccccc21. The number of para-hydroxylation sites is 8. The number of ether oxygens (including phenoxy) is 4. The van der Waals surface area contributed by atoms with Gasteiger partial charge in [-0.2, -0.15) is 0 Å². The molecule has 16 heteroatoms. The van der Waals surface area contributed by atoms with Crippen LogP contribution in [-0.2, 0) is 0 Å². The lowest BCUT2D eigenvalue weighted by Gasteiger charge is -2.40. The normalized spacial score (nSPS) is 16.1. The molecule has 0 fully saturated rings. The van der Waals surface area contributed by atoms with Crippen LogP contribution in [0.15, 0.2) is 158 Å². The number of rotatable bonds is 4. The van der Waals surface area contributed by atoms with E-state index in [0.717, 1.165) is 89.8 Å². The van der Waals surface area contributed by atoms with E-state index >= 15 is 0 Å². The Balaban J connectivity index is 0.879. The van der Waals surface area contributed by atoms with Crippen LogP contribution in [0.25, 0.3) is 0 Å². The maximum Gasteiger partial charge on any atom is 0.263 e. The van der Waals surface area contributed by atoms with Gasteiger partial charge in [0.15, 0.2) is 23.0 Å². The van der Waals surface area contributed by atoms with E-state index in [1.807, 2.05) is 12.4 Å². The standard InChI is InChI=1S/C60H46B2N10O4/c1-65-31-69(47-17-9-5-13-43(47)65)35-21-23-51-39(25-35)61-41-27-37(71-33-67(3)45-15-7-11-19-49(45)71)29-63-59(41)75-57-53(61)55(73-51)58-54-56(57)74-52-24-22-36(70-32-66(2)44-14-6-10-18-48(44)70)26-40(52)62(54)42-28-38(30-64-60(42)76-58)72-34-68(4)46-16-8-12-20-50(46)72/h5-30H,31-34H2,1-4H3. The van der Waals surface area contributed by atoms with E-state index in [2.05, 4.69) is 213 Å². The van der Waals surface area contributed by atoms with Gasteiger partial charge in [0.1, 0.15) is 11.5 Å². The van der Waals surface area contributed by atoms with Crippen LogP contribution in [0.3, 0.4) is 0 Å². The van der Waals surface area contributed by atoms with Gasteiger partial charge >= 0.3 is 0 Å². The molecule has 76 heavy (non-hydrogen) atoms. The summed E-state index contributed by atoms with van der Waals surface area (Å²) in [6, 6.07) is 51.8. The van der Waals surface area contributed by atoms with Crippen LogP contribution in [0.5, 0.6) is 46.3 Å². The maximum atomic E-state index is 7.34. The highest BCUT2D eigenvalue weighted by Crippen LogP contribution is 2.52. The highest BCUT2D eigenvalue weighted by atomic mass is 16.5. The molecule has 0 unspecified atom stereocenters. The van der Waals surface area contributed by atoms with E-state index in [4.69, 9.17) is 28.9 Å². The number of anilines is 12. The van der Waals surface area contributed by atoms with Crippen molar-refractivity contribution in [3.8, 4) is 46.3 Å². The van der Waals surface area contributed by atoms with Gasteiger partial charge in [0.2, 0.25) is 11.8 Å². The number of hydrogen-bond acceptors (Lipinski definition) is 14. The van der Waals surface area contributed by atoms with Gasteiger partial charge < -0.3 is 58.1 Å². The second-order valence-corrected chi connectivity index (χ2v) is 21.1. The zero-order chi connectivity index (χ0) is 50.2. The van der Waals surface area contributed by atoms with E-state index in [9.17, 15) is 0 Å². The summed E-state index contributed by atoms with van der Waals surface area (Å²) in [6.45, 7) is 1.99. The predicted molar refractivity (Wildman–Crippen MR) is 305 cm³/mol. The molecule has 7 aromatic carbocycles. The molecule has 9 aromatic rings. The lowest BCUT2D eigenvalue weighted by atomic mass is 9.32. The van der Waals surface area contributed by atoms with Gasteiger partial charge in [-0.15, -0.1) is 0 Å². The van der Waals surface area contributed by atoms with Crippen molar-refractivity contribution in [3.63, 3.8) is 0 Å². The highest BCUT2D eigenvalue weighted by Gasteiger charge is 2.52. The summed E-state index contributed by atoms with van der Waals surface area (Å²) in [4.78, 5) is 28.9. The molecule has 0 amide bonds. The van der Waals surface area contributed by atoms with Crippen LogP contribution in [0, 0.1) is 0 Å². The van der Waals surface area contributed by atoms with Gasteiger partial charge in [0, 0.05) is 50.5 Å². The minimum absolute atomic E-state index is 0.386. The average molecular weight is 993 g/mol. The van der Waals surface area contributed by atoms with Gasteiger partial charge in [0.05, 0.1) is 95.9 Å². The Kier molecular flexibility index (Phi) is 8.34. The number of fused-ring (bicyclic) bond motifs is 14. The molecular weight excluding hydrogens is 946 g/mol. The third-order valence-corrected chi connectivity index (χ3v) is 16.7. The summed E-state index contributed by atoms with van der Waals surface area (Å²) in [6.07, 6.45) is 3.88. The summed E-state index contributed by atoms with van der Waals surface area (Å²) >= 11 is 0. The minimum Gasteiger partial charge on any atom is -0.454 e. The van der Waals surface area contributed by atoms with Gasteiger partial charge in [0.25, 0.3) is 13.4 Å². The molecule has 14 nitrogen and oxygen atoms in total. The van der Waals surface area contributed by atoms with E-state index in [0.29, 0.717) is 61.4 Å². The van der Waals surface area contributed by atoms with Crippen molar-refractivity contribution in [3.05, 3.63) is 158 Å². The summed E-state index contributed by atoms with van der Waals surface area (Å²) in [7, 11) is 8.54. The van der Waals surface area contributed by atoms with Gasteiger partial charge in [-0.05, 0) is 119 Å². The van der Waals surface area contributed by atoms with E-state index < -0.39 is 0 Å². The molecule has 366 valence electrons. The molecule has 0 saturated heterocycles. The van der Waals surface area contributed by atoms with Gasteiger partial charge in [-0.1, -0.05) is 48.5 Å². The Morgan fingerprint density at radius 1 is 0.342 bits per heavy atom. The fourth-order valence-corrected chi connectivity index (χ4v) is 13.2. The number of nitrogens with zero attached hydrogens (tertiary/aromatic N) is 10. The smallest absolute Gasteiger partial charge is 0.263 e. The first kappa shape index (κ1) is 42.0. The number of benzene rings is 7. The second kappa shape index (κ2) is 15.1. The maximum absolute atomic E-state index is 7.34. The van der Waals surface area contributed by atoms with Crippen LogP contribution < -0.4 is 90.9 Å². The molecular formula is C60H46B2N10O4. The van der Waals surface area contributed by atoms with Crippen LogP contribution in [0.1, 0.15) is 0 Å². The first-order valence-corrected chi connectivity index (χ1v) is 25.8. The number of hydrogen-bond donors (Lipinski definition) is 0.